The second-order valence-electron chi connectivity index (χ2n) is 2.98. The summed E-state index contributed by atoms with van der Waals surface area (Å²) in [6.07, 6.45) is 3.13. The molecule has 0 spiro atoms. The van der Waals surface area contributed by atoms with Crippen LogP contribution >= 0.6 is 23.2 Å². The number of nitrogens with zero attached hydrogens (tertiary/aromatic N) is 1. The molecule has 0 bridgehead atoms. The smallest absolute Gasteiger partial charge is 0.341 e. The Labute approximate surface area is 98.4 Å². The van der Waals surface area contributed by atoms with E-state index in [1.54, 1.807) is 0 Å². The van der Waals surface area contributed by atoms with Gasteiger partial charge in [-0.25, -0.2) is 9.78 Å². The average Bonchev–Trinajstić information content (AvgIpc) is 2.17. The molecule has 0 aliphatic carbocycles. The van der Waals surface area contributed by atoms with E-state index in [1.807, 2.05) is 6.92 Å². The first kappa shape index (κ1) is 12.3. The Balaban J connectivity index is 2.65. The number of rotatable bonds is 4. The Morgan fingerprint density at radius 2 is 2.27 bits per heavy atom. The molecule has 0 N–H and O–H groups in total. The molecule has 1 rings (SSSR count). The molecule has 82 valence electrons. The van der Waals surface area contributed by atoms with Gasteiger partial charge in [0.25, 0.3) is 0 Å². The molecule has 1 heterocycles. The molecule has 1 aromatic rings. The van der Waals surface area contributed by atoms with E-state index >= 15 is 0 Å². The first-order valence-corrected chi connectivity index (χ1v) is 5.39. The Kier molecular flexibility index (Phi) is 4.85. The minimum Gasteiger partial charge on any atom is -0.462 e. The molecule has 1 aromatic heterocycles. The minimum absolute atomic E-state index is 0.247. The number of pyridine rings is 1. The highest BCUT2D eigenvalue weighted by atomic mass is 35.5. The number of halogens is 2. The van der Waals surface area contributed by atoms with Crippen molar-refractivity contribution in [2.75, 3.05) is 6.61 Å². The van der Waals surface area contributed by atoms with Gasteiger partial charge < -0.3 is 4.74 Å². The quantitative estimate of drug-likeness (QED) is 0.466. The predicted octanol–water partition coefficient (Wildman–Crippen LogP) is 3.35. The van der Waals surface area contributed by atoms with Crippen LogP contribution in [0.15, 0.2) is 12.3 Å². The molecule has 0 unspecified atom stereocenters. The number of carbonyl (C=O) groups excluding carboxylic acids is 1. The van der Waals surface area contributed by atoms with Gasteiger partial charge in [-0.05, 0) is 12.5 Å². The topological polar surface area (TPSA) is 39.2 Å². The Bertz CT molecular complexity index is 355. The zero-order valence-electron chi connectivity index (χ0n) is 8.30. The molecule has 0 aromatic carbocycles. The molecule has 15 heavy (non-hydrogen) atoms. The van der Waals surface area contributed by atoms with Crippen molar-refractivity contribution >= 4 is 29.2 Å². The van der Waals surface area contributed by atoms with Gasteiger partial charge in [0.1, 0.15) is 5.15 Å². The summed E-state index contributed by atoms with van der Waals surface area (Å²) in [7, 11) is 0. The van der Waals surface area contributed by atoms with Gasteiger partial charge in [0.15, 0.2) is 0 Å². The molecule has 0 atom stereocenters. The average molecular weight is 248 g/mol. The fourth-order valence-electron chi connectivity index (χ4n) is 0.945. The maximum Gasteiger partial charge on any atom is 0.341 e. The summed E-state index contributed by atoms with van der Waals surface area (Å²) in [5, 5.41) is 0.515. The van der Waals surface area contributed by atoms with Crippen LogP contribution in [-0.2, 0) is 4.74 Å². The molecule has 0 fully saturated rings. The Morgan fingerprint density at radius 1 is 1.53 bits per heavy atom. The normalized spacial score (nSPS) is 10.1. The van der Waals surface area contributed by atoms with Crippen LogP contribution in [0.25, 0.3) is 0 Å². The maximum atomic E-state index is 11.5. The lowest BCUT2D eigenvalue weighted by Crippen LogP contribution is -2.07. The van der Waals surface area contributed by atoms with Gasteiger partial charge in [0.2, 0.25) is 0 Å². The standard InChI is InChI=1S/C10H11Cl2NO2/c1-2-3-4-15-10(14)7-6-13-9(12)5-8(7)11/h5-6H,2-4H2,1H3. The minimum atomic E-state index is -0.461. The van der Waals surface area contributed by atoms with Gasteiger partial charge in [-0.2, -0.15) is 0 Å². The molecule has 0 radical (unpaired) electrons. The molecule has 3 nitrogen and oxygen atoms in total. The second-order valence-corrected chi connectivity index (χ2v) is 3.77. The van der Waals surface area contributed by atoms with E-state index in [-0.39, 0.29) is 15.7 Å². The molecule has 0 amide bonds. The van der Waals surface area contributed by atoms with Crippen molar-refractivity contribution in [1.82, 2.24) is 4.98 Å². The highest BCUT2D eigenvalue weighted by Crippen LogP contribution is 2.19. The molecule has 0 saturated heterocycles. The van der Waals surface area contributed by atoms with Crippen molar-refractivity contribution in [2.24, 2.45) is 0 Å². The van der Waals surface area contributed by atoms with Crippen molar-refractivity contribution in [2.45, 2.75) is 19.8 Å². The van der Waals surface area contributed by atoms with Crippen LogP contribution in [0.3, 0.4) is 0 Å². The number of carbonyl (C=O) groups is 1. The zero-order valence-corrected chi connectivity index (χ0v) is 9.81. The zero-order chi connectivity index (χ0) is 11.3. The van der Waals surface area contributed by atoms with E-state index in [0.717, 1.165) is 12.8 Å². The van der Waals surface area contributed by atoms with Gasteiger partial charge >= 0.3 is 5.97 Å². The molecule has 0 saturated carbocycles. The third-order valence-corrected chi connectivity index (χ3v) is 2.29. The van der Waals surface area contributed by atoms with E-state index in [4.69, 9.17) is 27.9 Å². The van der Waals surface area contributed by atoms with Crippen molar-refractivity contribution in [3.63, 3.8) is 0 Å². The van der Waals surface area contributed by atoms with Crippen LogP contribution < -0.4 is 0 Å². The van der Waals surface area contributed by atoms with Crippen LogP contribution in [0.2, 0.25) is 10.2 Å². The third-order valence-electron chi connectivity index (χ3n) is 1.77. The first-order valence-electron chi connectivity index (χ1n) is 4.63. The number of hydrogen-bond acceptors (Lipinski definition) is 3. The van der Waals surface area contributed by atoms with Crippen LogP contribution in [0.5, 0.6) is 0 Å². The summed E-state index contributed by atoms with van der Waals surface area (Å²) in [6.45, 7) is 2.42. The van der Waals surface area contributed by atoms with Crippen LogP contribution in [0, 0.1) is 0 Å². The van der Waals surface area contributed by atoms with E-state index in [1.165, 1.54) is 12.3 Å². The molecular formula is C10H11Cl2NO2. The van der Waals surface area contributed by atoms with Gasteiger partial charge in [0.05, 0.1) is 17.2 Å². The summed E-state index contributed by atoms with van der Waals surface area (Å²) in [5.41, 5.74) is 0.247. The monoisotopic (exact) mass is 247 g/mol. The lowest BCUT2D eigenvalue weighted by Gasteiger charge is -2.04. The van der Waals surface area contributed by atoms with E-state index in [9.17, 15) is 4.79 Å². The van der Waals surface area contributed by atoms with Gasteiger partial charge in [-0.15, -0.1) is 0 Å². The van der Waals surface area contributed by atoms with E-state index in [2.05, 4.69) is 4.98 Å². The van der Waals surface area contributed by atoms with Crippen molar-refractivity contribution in [3.8, 4) is 0 Å². The second kappa shape index (κ2) is 5.93. The first-order chi connectivity index (χ1) is 7.15. The fourth-order valence-corrected chi connectivity index (χ4v) is 1.39. The summed E-state index contributed by atoms with van der Waals surface area (Å²) in [5.74, 6) is -0.461. The van der Waals surface area contributed by atoms with Crippen molar-refractivity contribution in [1.29, 1.82) is 0 Å². The number of esters is 1. The highest BCUT2D eigenvalue weighted by molar-refractivity contribution is 6.35. The number of hydrogen-bond donors (Lipinski definition) is 0. The number of ether oxygens (including phenoxy) is 1. The molecule has 0 aliphatic rings. The lowest BCUT2D eigenvalue weighted by atomic mass is 10.3. The summed E-state index contributed by atoms with van der Waals surface area (Å²) in [4.78, 5) is 15.2. The Morgan fingerprint density at radius 3 is 2.87 bits per heavy atom. The van der Waals surface area contributed by atoms with Gasteiger partial charge in [-0.3, -0.25) is 0 Å². The third kappa shape index (κ3) is 3.68. The SMILES string of the molecule is CCCCOC(=O)c1cnc(Cl)cc1Cl. The largest absolute Gasteiger partial charge is 0.462 e. The number of unbranched alkanes of at least 4 members (excludes halogenated alkanes) is 1. The van der Waals surface area contributed by atoms with Crippen molar-refractivity contribution in [3.05, 3.63) is 28.0 Å². The maximum absolute atomic E-state index is 11.5. The van der Waals surface area contributed by atoms with Crippen LogP contribution in [0.4, 0.5) is 0 Å². The molecular weight excluding hydrogens is 237 g/mol. The van der Waals surface area contributed by atoms with E-state index < -0.39 is 5.97 Å². The molecule has 5 heteroatoms. The van der Waals surface area contributed by atoms with Crippen LogP contribution in [0.1, 0.15) is 30.1 Å². The van der Waals surface area contributed by atoms with E-state index in [0.29, 0.717) is 6.61 Å². The lowest BCUT2D eigenvalue weighted by molar-refractivity contribution is 0.0499. The van der Waals surface area contributed by atoms with Crippen LogP contribution in [-0.4, -0.2) is 17.6 Å². The predicted molar refractivity (Wildman–Crippen MR) is 59.4 cm³/mol. The summed E-state index contributed by atoms with van der Waals surface area (Å²) < 4.78 is 4.98. The number of aromatic nitrogens is 1. The van der Waals surface area contributed by atoms with Gasteiger partial charge in [0, 0.05) is 6.20 Å². The Hall–Kier alpha value is -0.800. The summed E-state index contributed by atoms with van der Waals surface area (Å²) >= 11 is 11.4. The highest BCUT2D eigenvalue weighted by Gasteiger charge is 2.12. The fraction of sp³-hybridized carbons (Fsp3) is 0.400. The molecule has 0 aliphatic heterocycles. The van der Waals surface area contributed by atoms with Crippen molar-refractivity contribution < 1.29 is 9.53 Å². The van der Waals surface area contributed by atoms with Gasteiger partial charge in [-0.1, -0.05) is 36.5 Å². The summed E-state index contributed by atoms with van der Waals surface area (Å²) in [6, 6.07) is 1.42.